The van der Waals surface area contributed by atoms with Crippen LogP contribution < -0.4 is 0 Å². The zero-order chi connectivity index (χ0) is 17.6. The molecule has 1 atom stereocenters. The molecule has 0 saturated carbocycles. The minimum absolute atomic E-state index is 0.143. The summed E-state index contributed by atoms with van der Waals surface area (Å²) in [7, 11) is 2.07. The van der Waals surface area contributed by atoms with Crippen LogP contribution in [0.15, 0.2) is 41.8 Å². The van der Waals surface area contributed by atoms with Crippen LogP contribution in [0, 0.1) is 5.82 Å². The van der Waals surface area contributed by atoms with Gasteiger partial charge in [0.1, 0.15) is 5.82 Å². The van der Waals surface area contributed by atoms with Crippen molar-refractivity contribution in [2.24, 2.45) is 0 Å². The summed E-state index contributed by atoms with van der Waals surface area (Å²) in [5.74, 6) is 0.0206. The number of carbonyl (C=O) groups is 1. The molecule has 1 aromatic carbocycles. The molecule has 1 aliphatic rings. The highest BCUT2D eigenvalue weighted by Crippen LogP contribution is 2.25. The minimum Gasteiger partial charge on any atom is -0.339 e. The first-order valence-electron chi connectivity index (χ1n) is 8.89. The van der Waals surface area contributed by atoms with Gasteiger partial charge in [-0.15, -0.1) is 11.3 Å². The second-order valence-corrected chi connectivity index (χ2v) is 7.71. The van der Waals surface area contributed by atoms with Crippen molar-refractivity contribution in [1.29, 1.82) is 0 Å². The minimum atomic E-state index is -0.221. The molecule has 2 aromatic rings. The van der Waals surface area contributed by atoms with Crippen LogP contribution in [0.3, 0.4) is 0 Å². The molecule has 1 saturated heterocycles. The molecule has 3 rings (SSSR count). The molecule has 1 aliphatic heterocycles. The number of unbranched alkanes of at least 4 members (excludes halogenated alkanes) is 1. The van der Waals surface area contributed by atoms with Crippen molar-refractivity contribution in [2.75, 3.05) is 26.7 Å². The van der Waals surface area contributed by atoms with Crippen LogP contribution in [-0.2, 0) is 11.2 Å². The molecule has 3 nitrogen and oxygen atoms in total. The van der Waals surface area contributed by atoms with Gasteiger partial charge in [0.2, 0.25) is 5.91 Å². The average molecular weight is 360 g/mol. The van der Waals surface area contributed by atoms with Crippen LogP contribution >= 0.6 is 11.3 Å². The highest BCUT2D eigenvalue weighted by atomic mass is 32.1. The first-order chi connectivity index (χ1) is 12.1. The monoisotopic (exact) mass is 360 g/mol. The third-order valence-corrected chi connectivity index (χ3v) is 5.84. The maximum atomic E-state index is 13.2. The van der Waals surface area contributed by atoms with Gasteiger partial charge in [-0.1, -0.05) is 18.2 Å². The van der Waals surface area contributed by atoms with Gasteiger partial charge in [0.05, 0.1) is 6.04 Å². The van der Waals surface area contributed by atoms with Crippen molar-refractivity contribution in [3.63, 3.8) is 0 Å². The topological polar surface area (TPSA) is 23.6 Å². The fraction of sp³-hybridized carbons (Fsp3) is 0.450. The summed E-state index contributed by atoms with van der Waals surface area (Å²) in [6, 6.07) is 11.0. The number of thiophene rings is 1. The molecule has 1 amide bonds. The summed E-state index contributed by atoms with van der Waals surface area (Å²) in [4.78, 5) is 18.2. The molecule has 5 heteroatoms. The van der Waals surface area contributed by atoms with Crippen molar-refractivity contribution < 1.29 is 9.18 Å². The van der Waals surface area contributed by atoms with E-state index in [1.165, 1.54) is 17.0 Å². The third kappa shape index (κ3) is 4.89. The lowest BCUT2D eigenvalue weighted by molar-refractivity contribution is -0.134. The number of likely N-dealkylation sites (N-methyl/N-ethyl adjacent to an activating group) is 1. The SMILES string of the molecule is CN1CCN(C(=O)CCCCc2cccs2)CC1c1ccc(F)cc1. The average Bonchev–Trinajstić information content (AvgIpc) is 3.13. The summed E-state index contributed by atoms with van der Waals surface area (Å²) in [5, 5.41) is 2.10. The molecular formula is C20H25FN2OS. The third-order valence-electron chi connectivity index (χ3n) is 4.90. The van der Waals surface area contributed by atoms with E-state index in [1.807, 2.05) is 17.0 Å². The Morgan fingerprint density at radius 3 is 2.72 bits per heavy atom. The lowest BCUT2D eigenvalue weighted by atomic mass is 10.0. The summed E-state index contributed by atoms with van der Waals surface area (Å²) < 4.78 is 13.2. The molecule has 25 heavy (non-hydrogen) atoms. The standard InChI is InChI=1S/C20H25FN2OS/c1-22-12-13-23(15-19(22)16-8-10-17(21)11-9-16)20(24)7-3-2-5-18-6-4-14-25-18/h4,6,8-11,14,19H,2-3,5,7,12-13,15H2,1H3. The molecule has 1 unspecified atom stereocenters. The van der Waals surface area contributed by atoms with Crippen LogP contribution in [-0.4, -0.2) is 42.4 Å². The number of benzene rings is 1. The quantitative estimate of drug-likeness (QED) is 0.724. The van der Waals surface area contributed by atoms with Gasteiger partial charge in [0, 0.05) is 30.9 Å². The zero-order valence-electron chi connectivity index (χ0n) is 14.7. The van der Waals surface area contributed by atoms with Crippen LogP contribution in [0.5, 0.6) is 0 Å². The second-order valence-electron chi connectivity index (χ2n) is 6.67. The van der Waals surface area contributed by atoms with Crippen molar-refractivity contribution in [3.05, 3.63) is 58.0 Å². The molecule has 1 aromatic heterocycles. The Bertz CT molecular complexity index is 672. The van der Waals surface area contributed by atoms with E-state index >= 15 is 0 Å². The lowest BCUT2D eigenvalue weighted by Gasteiger charge is -2.39. The largest absolute Gasteiger partial charge is 0.339 e. The number of halogens is 1. The Kier molecular flexibility index (Phi) is 6.21. The Morgan fingerprint density at radius 2 is 2.00 bits per heavy atom. The van der Waals surface area contributed by atoms with E-state index < -0.39 is 0 Å². The first kappa shape index (κ1) is 18.1. The predicted octanol–water partition coefficient (Wildman–Crippen LogP) is 4.12. The number of rotatable bonds is 6. The highest BCUT2D eigenvalue weighted by molar-refractivity contribution is 7.09. The Hall–Kier alpha value is -1.72. The van der Waals surface area contributed by atoms with Gasteiger partial charge in [0.25, 0.3) is 0 Å². The number of hydrogen-bond acceptors (Lipinski definition) is 3. The highest BCUT2D eigenvalue weighted by Gasteiger charge is 2.28. The fourth-order valence-corrected chi connectivity index (χ4v) is 4.08. The van der Waals surface area contributed by atoms with Gasteiger partial charge in [-0.25, -0.2) is 4.39 Å². The van der Waals surface area contributed by atoms with Gasteiger partial charge in [-0.05, 0) is 55.5 Å². The Balaban J connectivity index is 1.49. The second kappa shape index (κ2) is 8.59. The number of nitrogens with zero attached hydrogens (tertiary/aromatic N) is 2. The van der Waals surface area contributed by atoms with Crippen molar-refractivity contribution in [2.45, 2.75) is 31.7 Å². The number of aryl methyl sites for hydroxylation is 1. The van der Waals surface area contributed by atoms with Crippen LogP contribution in [0.4, 0.5) is 4.39 Å². The van der Waals surface area contributed by atoms with Crippen LogP contribution in [0.2, 0.25) is 0 Å². The molecule has 2 heterocycles. The smallest absolute Gasteiger partial charge is 0.222 e. The van der Waals surface area contributed by atoms with Crippen LogP contribution in [0.1, 0.15) is 35.7 Å². The summed E-state index contributed by atoms with van der Waals surface area (Å²) in [6.07, 6.45) is 3.67. The number of carbonyl (C=O) groups excluding carboxylic acids is 1. The van der Waals surface area contributed by atoms with Crippen molar-refractivity contribution >= 4 is 17.2 Å². The Labute approximate surface area is 153 Å². The number of piperazine rings is 1. The zero-order valence-corrected chi connectivity index (χ0v) is 15.5. The number of hydrogen-bond donors (Lipinski definition) is 0. The summed E-state index contributed by atoms with van der Waals surface area (Å²) in [6.45, 7) is 2.31. The molecular weight excluding hydrogens is 335 g/mol. The normalized spacial score (nSPS) is 18.5. The fourth-order valence-electron chi connectivity index (χ4n) is 3.33. The van der Waals surface area contributed by atoms with E-state index in [4.69, 9.17) is 0 Å². The van der Waals surface area contributed by atoms with E-state index in [0.29, 0.717) is 13.0 Å². The van der Waals surface area contributed by atoms with E-state index in [0.717, 1.165) is 37.9 Å². The van der Waals surface area contributed by atoms with Gasteiger partial charge < -0.3 is 4.90 Å². The molecule has 0 spiro atoms. The van der Waals surface area contributed by atoms with E-state index in [2.05, 4.69) is 29.5 Å². The number of amides is 1. The van der Waals surface area contributed by atoms with E-state index in [9.17, 15) is 9.18 Å². The van der Waals surface area contributed by atoms with E-state index in [1.54, 1.807) is 11.3 Å². The Morgan fingerprint density at radius 1 is 1.20 bits per heavy atom. The molecule has 134 valence electrons. The summed E-state index contributed by atoms with van der Waals surface area (Å²) in [5.41, 5.74) is 1.07. The molecule has 0 aliphatic carbocycles. The maximum Gasteiger partial charge on any atom is 0.222 e. The summed E-state index contributed by atoms with van der Waals surface area (Å²) >= 11 is 1.78. The molecule has 0 N–H and O–H groups in total. The van der Waals surface area contributed by atoms with Gasteiger partial charge in [0.15, 0.2) is 0 Å². The van der Waals surface area contributed by atoms with Crippen LogP contribution in [0.25, 0.3) is 0 Å². The van der Waals surface area contributed by atoms with Gasteiger partial charge in [-0.2, -0.15) is 0 Å². The van der Waals surface area contributed by atoms with Crippen molar-refractivity contribution in [3.8, 4) is 0 Å². The molecule has 0 bridgehead atoms. The van der Waals surface area contributed by atoms with Gasteiger partial charge in [-0.3, -0.25) is 9.69 Å². The predicted molar refractivity (Wildman–Crippen MR) is 100 cm³/mol. The van der Waals surface area contributed by atoms with E-state index in [-0.39, 0.29) is 17.8 Å². The maximum absolute atomic E-state index is 13.2. The first-order valence-corrected chi connectivity index (χ1v) is 9.77. The molecule has 0 radical (unpaired) electrons. The van der Waals surface area contributed by atoms with Gasteiger partial charge >= 0.3 is 0 Å². The molecule has 1 fully saturated rings. The lowest BCUT2D eigenvalue weighted by Crippen LogP contribution is -2.48. The van der Waals surface area contributed by atoms with Crippen molar-refractivity contribution in [1.82, 2.24) is 9.80 Å².